The third-order valence-electron chi connectivity index (χ3n) is 7.77. The number of nitrogens with zero attached hydrogens (tertiary/aromatic N) is 6. The standard InChI is InChI=1S/C29H31F3N8O/c1-18-3-6-21(11-27(18)40-17-26(36-37-40)25-15-33-35-19(25)2)28(41)34-23-12-22(29(30,31)32)13-24(14-23)39-9-7-38(8-10-39)16-20-4-5-20/h3,6,11-15,17,20H,4-5,7-10,16H2,1-2H3,(H,33,35)(H,34,41). The first-order valence-corrected chi connectivity index (χ1v) is 13.7. The third kappa shape index (κ3) is 5.97. The van der Waals surface area contributed by atoms with E-state index in [1.54, 1.807) is 41.3 Å². The lowest BCUT2D eigenvalue weighted by Crippen LogP contribution is -2.47. The van der Waals surface area contributed by atoms with Crippen LogP contribution in [0.4, 0.5) is 24.5 Å². The number of H-pyrrole nitrogens is 1. The maximum atomic E-state index is 13.8. The topological polar surface area (TPSA) is 95.0 Å². The second kappa shape index (κ2) is 10.7. The molecular weight excluding hydrogens is 533 g/mol. The van der Waals surface area contributed by atoms with Crippen molar-refractivity contribution in [3.63, 3.8) is 0 Å². The Labute approximate surface area is 235 Å². The van der Waals surface area contributed by atoms with E-state index in [-0.39, 0.29) is 11.3 Å². The lowest BCUT2D eigenvalue weighted by Gasteiger charge is -2.36. The van der Waals surface area contributed by atoms with E-state index >= 15 is 0 Å². The number of nitrogens with one attached hydrogen (secondary N) is 2. The molecule has 2 aliphatic rings. The second-order valence-electron chi connectivity index (χ2n) is 10.9. The number of anilines is 2. The summed E-state index contributed by atoms with van der Waals surface area (Å²) < 4.78 is 43.1. The fraction of sp³-hybridized carbons (Fsp3) is 0.379. The van der Waals surface area contributed by atoms with Crippen molar-refractivity contribution < 1.29 is 18.0 Å². The zero-order chi connectivity index (χ0) is 28.7. The average molecular weight is 565 g/mol. The van der Waals surface area contributed by atoms with Gasteiger partial charge in [0.15, 0.2) is 0 Å². The van der Waals surface area contributed by atoms with E-state index in [1.165, 1.54) is 18.9 Å². The summed E-state index contributed by atoms with van der Waals surface area (Å²) in [4.78, 5) is 17.6. The molecule has 3 heterocycles. The number of benzene rings is 2. The summed E-state index contributed by atoms with van der Waals surface area (Å²) in [5.41, 5.74) is 3.81. The van der Waals surface area contributed by atoms with Crippen molar-refractivity contribution >= 4 is 17.3 Å². The number of hydrogen-bond acceptors (Lipinski definition) is 6. The van der Waals surface area contributed by atoms with Gasteiger partial charge in [0.05, 0.1) is 23.6 Å². The summed E-state index contributed by atoms with van der Waals surface area (Å²) >= 11 is 0. The van der Waals surface area contributed by atoms with Crippen molar-refractivity contribution in [2.45, 2.75) is 32.9 Å². The van der Waals surface area contributed by atoms with Crippen molar-refractivity contribution in [2.24, 2.45) is 5.92 Å². The Morgan fingerprint density at radius 3 is 2.54 bits per heavy atom. The fourth-order valence-electron chi connectivity index (χ4n) is 5.20. The van der Waals surface area contributed by atoms with Crippen LogP contribution in [0.1, 0.15) is 40.0 Å². The van der Waals surface area contributed by atoms with Crippen LogP contribution in [0, 0.1) is 19.8 Å². The number of carbonyl (C=O) groups is 1. The van der Waals surface area contributed by atoms with Gasteiger partial charge in [0.1, 0.15) is 5.69 Å². The Bertz CT molecular complexity index is 1560. The van der Waals surface area contributed by atoms with Crippen molar-refractivity contribution in [3.05, 3.63) is 71.2 Å². The molecule has 41 heavy (non-hydrogen) atoms. The first kappa shape index (κ1) is 27.0. The molecule has 9 nitrogen and oxygen atoms in total. The highest BCUT2D eigenvalue weighted by Crippen LogP contribution is 2.35. The zero-order valence-electron chi connectivity index (χ0n) is 22.9. The molecule has 4 aromatic rings. The predicted molar refractivity (Wildman–Crippen MR) is 149 cm³/mol. The van der Waals surface area contributed by atoms with Gasteiger partial charge in [0.25, 0.3) is 5.91 Å². The maximum absolute atomic E-state index is 13.8. The Hall–Kier alpha value is -4.19. The van der Waals surface area contributed by atoms with Gasteiger partial charge in [0, 0.05) is 60.9 Å². The van der Waals surface area contributed by atoms with Crippen LogP contribution in [0.5, 0.6) is 0 Å². The molecular formula is C29H31F3N8O. The predicted octanol–water partition coefficient (Wildman–Crippen LogP) is 5.08. The summed E-state index contributed by atoms with van der Waals surface area (Å²) in [7, 11) is 0. The smallest absolute Gasteiger partial charge is 0.369 e. The Kier molecular flexibility index (Phi) is 7.02. The SMILES string of the molecule is Cc1ccc(C(=O)Nc2cc(N3CCN(CC4CC4)CC3)cc(C(F)(F)F)c2)cc1-n1cc(-c2cn[nH]c2C)nn1. The molecule has 0 radical (unpaired) electrons. The molecule has 2 N–H and O–H groups in total. The molecule has 2 aromatic carbocycles. The van der Waals surface area contributed by atoms with Crippen molar-refractivity contribution in [1.29, 1.82) is 0 Å². The average Bonchev–Trinajstić information content (AvgIpc) is 3.44. The minimum Gasteiger partial charge on any atom is -0.369 e. The minimum absolute atomic E-state index is 0.0980. The Balaban J connectivity index is 1.22. The zero-order valence-corrected chi connectivity index (χ0v) is 22.9. The van der Waals surface area contributed by atoms with Crippen LogP contribution in [0.2, 0.25) is 0 Å². The summed E-state index contributed by atoms with van der Waals surface area (Å²) in [6.07, 6.45) is 1.40. The monoisotopic (exact) mass is 564 g/mol. The summed E-state index contributed by atoms with van der Waals surface area (Å²) in [6, 6.07) is 8.83. The molecule has 6 rings (SSSR count). The number of halogens is 3. The van der Waals surface area contributed by atoms with Crippen LogP contribution in [-0.4, -0.2) is 68.7 Å². The number of alkyl halides is 3. The number of carbonyl (C=O) groups excluding carboxylic acids is 1. The molecule has 1 saturated heterocycles. The molecule has 12 heteroatoms. The van der Waals surface area contributed by atoms with Crippen LogP contribution in [-0.2, 0) is 6.18 Å². The van der Waals surface area contributed by atoms with E-state index in [9.17, 15) is 18.0 Å². The van der Waals surface area contributed by atoms with E-state index in [2.05, 4.69) is 30.7 Å². The lowest BCUT2D eigenvalue weighted by molar-refractivity contribution is -0.137. The summed E-state index contributed by atoms with van der Waals surface area (Å²) in [6.45, 7) is 7.73. The van der Waals surface area contributed by atoms with E-state index in [0.29, 0.717) is 30.2 Å². The van der Waals surface area contributed by atoms with Crippen LogP contribution in [0.3, 0.4) is 0 Å². The molecule has 0 unspecified atom stereocenters. The van der Waals surface area contributed by atoms with Crippen molar-refractivity contribution in [3.8, 4) is 16.9 Å². The van der Waals surface area contributed by atoms with Gasteiger partial charge in [-0.2, -0.15) is 18.3 Å². The highest BCUT2D eigenvalue weighted by molar-refractivity contribution is 6.05. The number of rotatable bonds is 7. The molecule has 1 aliphatic heterocycles. The van der Waals surface area contributed by atoms with Crippen LogP contribution in [0.25, 0.3) is 16.9 Å². The van der Waals surface area contributed by atoms with Crippen LogP contribution in [0.15, 0.2) is 48.8 Å². The van der Waals surface area contributed by atoms with Crippen molar-refractivity contribution in [2.75, 3.05) is 42.9 Å². The van der Waals surface area contributed by atoms with E-state index < -0.39 is 17.6 Å². The minimum atomic E-state index is -4.54. The lowest BCUT2D eigenvalue weighted by atomic mass is 10.1. The second-order valence-corrected chi connectivity index (χ2v) is 10.9. The normalized spacial score (nSPS) is 16.3. The van der Waals surface area contributed by atoms with Gasteiger partial charge in [0.2, 0.25) is 0 Å². The van der Waals surface area contributed by atoms with Gasteiger partial charge in [-0.05, 0) is 68.5 Å². The Morgan fingerprint density at radius 2 is 1.85 bits per heavy atom. The quantitative estimate of drug-likeness (QED) is 0.325. The maximum Gasteiger partial charge on any atom is 0.416 e. The fourth-order valence-corrected chi connectivity index (χ4v) is 5.20. The summed E-state index contributed by atoms with van der Waals surface area (Å²) in [5, 5.41) is 18.0. The third-order valence-corrected chi connectivity index (χ3v) is 7.77. The van der Waals surface area contributed by atoms with Crippen molar-refractivity contribution in [1.82, 2.24) is 30.1 Å². The number of aromatic nitrogens is 5. The molecule has 2 aromatic heterocycles. The van der Waals surface area contributed by atoms with E-state index in [0.717, 1.165) is 48.4 Å². The highest BCUT2D eigenvalue weighted by atomic mass is 19.4. The molecule has 2 fully saturated rings. The van der Waals surface area contributed by atoms with Gasteiger partial charge in [-0.1, -0.05) is 11.3 Å². The number of hydrogen-bond donors (Lipinski definition) is 2. The molecule has 1 saturated carbocycles. The van der Waals surface area contributed by atoms with Gasteiger partial charge < -0.3 is 10.2 Å². The van der Waals surface area contributed by atoms with E-state index in [4.69, 9.17) is 0 Å². The molecule has 1 aliphatic carbocycles. The summed E-state index contributed by atoms with van der Waals surface area (Å²) in [5.74, 6) is 0.253. The van der Waals surface area contributed by atoms with Gasteiger partial charge in [-0.25, -0.2) is 4.68 Å². The molecule has 0 atom stereocenters. The molecule has 1 amide bonds. The molecule has 214 valence electrons. The molecule has 0 bridgehead atoms. The van der Waals surface area contributed by atoms with Crippen LogP contribution < -0.4 is 10.2 Å². The van der Waals surface area contributed by atoms with Gasteiger partial charge in [-0.3, -0.25) is 14.8 Å². The Morgan fingerprint density at radius 1 is 1.07 bits per heavy atom. The first-order valence-electron chi connectivity index (χ1n) is 13.7. The largest absolute Gasteiger partial charge is 0.416 e. The highest BCUT2D eigenvalue weighted by Gasteiger charge is 2.33. The number of amides is 1. The van der Waals surface area contributed by atoms with Gasteiger partial charge in [-0.15, -0.1) is 5.10 Å². The van der Waals surface area contributed by atoms with Crippen LogP contribution >= 0.6 is 0 Å². The molecule has 0 spiro atoms. The van der Waals surface area contributed by atoms with Gasteiger partial charge >= 0.3 is 6.18 Å². The number of piperazine rings is 1. The van der Waals surface area contributed by atoms with E-state index in [1.807, 2.05) is 18.7 Å². The number of aryl methyl sites for hydroxylation is 2. The number of aromatic amines is 1. The first-order chi connectivity index (χ1) is 19.6.